The summed E-state index contributed by atoms with van der Waals surface area (Å²) in [5.74, 6) is 0.952. The molecule has 0 amide bonds. The minimum atomic E-state index is 0.217. The van der Waals surface area contributed by atoms with Gasteiger partial charge in [-0.15, -0.1) is 0 Å². The molecule has 2 heteroatoms. The lowest BCUT2D eigenvalue weighted by molar-refractivity contribution is 0.588. The van der Waals surface area contributed by atoms with Crippen molar-refractivity contribution >= 4 is 23.0 Å². The van der Waals surface area contributed by atoms with Crippen molar-refractivity contribution in [1.82, 2.24) is 0 Å². The molecule has 0 atom stereocenters. The molecule has 0 aliphatic heterocycles. The monoisotopic (exact) mass is 290 g/mol. The number of rotatable bonds is 1. The average Bonchev–Trinajstić information content (AvgIpc) is 2.02. The van der Waals surface area contributed by atoms with Crippen LogP contribution in [0.4, 0.5) is 0 Å². The molecule has 0 saturated heterocycles. The van der Waals surface area contributed by atoms with E-state index in [-0.39, 0.29) is 5.41 Å². The van der Waals surface area contributed by atoms with Gasteiger partial charge in [0.25, 0.3) is 0 Å². The van der Waals surface area contributed by atoms with Crippen LogP contribution in [0.1, 0.15) is 31.9 Å². The third kappa shape index (κ3) is 2.59. The standard InChI is InChI=1S/C11H15IO/c1-8-7-9(11(2,3)4)5-6-10(8)13-12/h5-7H,1-4H3. The van der Waals surface area contributed by atoms with Crippen LogP contribution in [-0.4, -0.2) is 0 Å². The zero-order valence-electron chi connectivity index (χ0n) is 8.52. The fourth-order valence-corrected chi connectivity index (χ4v) is 1.70. The normalized spacial score (nSPS) is 11.5. The summed E-state index contributed by atoms with van der Waals surface area (Å²) in [6, 6.07) is 6.34. The van der Waals surface area contributed by atoms with Gasteiger partial charge in [-0.05, 0) is 29.5 Å². The molecular weight excluding hydrogens is 275 g/mol. The predicted octanol–water partition coefficient (Wildman–Crippen LogP) is 4.02. The second-order valence-corrected chi connectivity index (χ2v) is 4.75. The summed E-state index contributed by atoms with van der Waals surface area (Å²) in [5, 5.41) is 0. The largest absolute Gasteiger partial charge is 0.427 e. The van der Waals surface area contributed by atoms with Gasteiger partial charge in [-0.3, -0.25) is 0 Å². The molecule has 1 aromatic carbocycles. The van der Waals surface area contributed by atoms with Crippen LogP contribution in [0.15, 0.2) is 18.2 Å². The first-order chi connectivity index (χ1) is 5.95. The van der Waals surface area contributed by atoms with E-state index >= 15 is 0 Å². The van der Waals surface area contributed by atoms with Gasteiger partial charge in [0.2, 0.25) is 0 Å². The Kier molecular flexibility index (Phi) is 3.22. The van der Waals surface area contributed by atoms with E-state index in [1.807, 2.05) is 29.1 Å². The molecule has 0 saturated carbocycles. The minimum absolute atomic E-state index is 0.217. The van der Waals surface area contributed by atoms with Crippen LogP contribution in [0, 0.1) is 6.92 Å². The summed E-state index contributed by atoms with van der Waals surface area (Å²) in [4.78, 5) is 0. The lowest BCUT2D eigenvalue weighted by atomic mass is 9.86. The molecule has 0 aromatic heterocycles. The van der Waals surface area contributed by atoms with E-state index < -0.39 is 0 Å². The molecule has 1 rings (SSSR count). The van der Waals surface area contributed by atoms with Gasteiger partial charge in [-0.25, -0.2) is 0 Å². The average molecular weight is 290 g/mol. The third-order valence-corrected chi connectivity index (χ3v) is 2.60. The van der Waals surface area contributed by atoms with E-state index in [0.29, 0.717) is 0 Å². The maximum atomic E-state index is 5.18. The van der Waals surface area contributed by atoms with Crippen molar-refractivity contribution in [3.63, 3.8) is 0 Å². The molecule has 0 unspecified atom stereocenters. The van der Waals surface area contributed by atoms with E-state index in [0.717, 1.165) is 5.75 Å². The molecule has 0 bridgehead atoms. The SMILES string of the molecule is Cc1cc(C(C)(C)C)ccc1OI. The van der Waals surface area contributed by atoms with Crippen LogP contribution in [0.3, 0.4) is 0 Å². The molecule has 0 aliphatic rings. The summed E-state index contributed by atoms with van der Waals surface area (Å²) in [7, 11) is 0. The van der Waals surface area contributed by atoms with Crippen molar-refractivity contribution in [3.8, 4) is 5.75 Å². The highest BCUT2D eigenvalue weighted by molar-refractivity contribution is 14.1. The highest BCUT2D eigenvalue weighted by Crippen LogP contribution is 2.28. The quantitative estimate of drug-likeness (QED) is 0.710. The first-order valence-electron chi connectivity index (χ1n) is 4.35. The molecule has 13 heavy (non-hydrogen) atoms. The van der Waals surface area contributed by atoms with Crippen LogP contribution < -0.4 is 3.07 Å². The fourth-order valence-electron chi connectivity index (χ4n) is 1.20. The molecule has 0 heterocycles. The maximum Gasteiger partial charge on any atom is 0.192 e. The van der Waals surface area contributed by atoms with Crippen LogP contribution in [0.2, 0.25) is 0 Å². The smallest absolute Gasteiger partial charge is 0.192 e. The molecule has 1 nitrogen and oxygen atoms in total. The lowest BCUT2D eigenvalue weighted by Crippen LogP contribution is -2.10. The van der Waals surface area contributed by atoms with E-state index in [4.69, 9.17) is 3.07 Å². The van der Waals surface area contributed by atoms with Gasteiger partial charge in [-0.1, -0.05) is 32.9 Å². The molecule has 0 N–H and O–H groups in total. The maximum absolute atomic E-state index is 5.18. The second kappa shape index (κ2) is 3.86. The zero-order valence-corrected chi connectivity index (χ0v) is 10.7. The molecule has 72 valence electrons. The highest BCUT2D eigenvalue weighted by atomic mass is 127. The Morgan fingerprint density at radius 1 is 1.23 bits per heavy atom. The van der Waals surface area contributed by atoms with Gasteiger partial charge in [0.05, 0.1) is 0 Å². The van der Waals surface area contributed by atoms with Gasteiger partial charge in [0.15, 0.2) is 23.0 Å². The number of benzene rings is 1. The van der Waals surface area contributed by atoms with Crippen molar-refractivity contribution in [2.24, 2.45) is 0 Å². The molecule has 1 aromatic rings. The fraction of sp³-hybridized carbons (Fsp3) is 0.455. The van der Waals surface area contributed by atoms with Crippen molar-refractivity contribution in [2.45, 2.75) is 33.1 Å². The van der Waals surface area contributed by atoms with Crippen LogP contribution in [0.25, 0.3) is 0 Å². The van der Waals surface area contributed by atoms with Crippen molar-refractivity contribution in [1.29, 1.82) is 0 Å². The topological polar surface area (TPSA) is 9.23 Å². The highest BCUT2D eigenvalue weighted by Gasteiger charge is 2.14. The summed E-state index contributed by atoms with van der Waals surface area (Å²) in [5.41, 5.74) is 2.76. The van der Waals surface area contributed by atoms with E-state index in [9.17, 15) is 0 Å². The Balaban J connectivity index is 3.10. The van der Waals surface area contributed by atoms with Crippen LogP contribution in [0.5, 0.6) is 5.75 Å². The van der Waals surface area contributed by atoms with Crippen molar-refractivity contribution in [2.75, 3.05) is 0 Å². The van der Waals surface area contributed by atoms with Gasteiger partial charge in [0, 0.05) is 0 Å². The van der Waals surface area contributed by atoms with Gasteiger partial charge in [0.1, 0.15) is 5.75 Å². The first kappa shape index (κ1) is 10.8. The Labute approximate surface area is 94.2 Å². The predicted molar refractivity (Wildman–Crippen MR) is 64.5 cm³/mol. The molecule has 0 aliphatic carbocycles. The van der Waals surface area contributed by atoms with Crippen LogP contribution >= 0.6 is 23.0 Å². The Bertz CT molecular complexity index is 299. The summed E-state index contributed by atoms with van der Waals surface area (Å²) >= 11 is 1.91. The molecule has 0 spiro atoms. The van der Waals surface area contributed by atoms with Gasteiger partial charge < -0.3 is 3.07 Å². The van der Waals surface area contributed by atoms with Crippen molar-refractivity contribution in [3.05, 3.63) is 29.3 Å². The molecule has 0 radical (unpaired) electrons. The summed E-state index contributed by atoms with van der Waals surface area (Å²) in [6.45, 7) is 8.72. The first-order valence-corrected chi connectivity index (χ1v) is 5.23. The molecular formula is C11H15IO. The third-order valence-electron chi connectivity index (χ3n) is 2.12. The Morgan fingerprint density at radius 3 is 2.23 bits per heavy atom. The van der Waals surface area contributed by atoms with Crippen molar-refractivity contribution < 1.29 is 3.07 Å². The zero-order chi connectivity index (χ0) is 10.1. The number of halogens is 1. The van der Waals surface area contributed by atoms with Gasteiger partial charge >= 0.3 is 0 Å². The van der Waals surface area contributed by atoms with E-state index in [1.54, 1.807) is 0 Å². The molecule has 0 fully saturated rings. The van der Waals surface area contributed by atoms with Gasteiger partial charge in [-0.2, -0.15) is 0 Å². The summed E-state index contributed by atoms with van der Waals surface area (Å²) < 4.78 is 5.18. The summed E-state index contributed by atoms with van der Waals surface area (Å²) in [6.07, 6.45) is 0. The minimum Gasteiger partial charge on any atom is -0.427 e. The van der Waals surface area contributed by atoms with Crippen LogP contribution in [-0.2, 0) is 5.41 Å². The number of hydrogen-bond acceptors (Lipinski definition) is 1. The Morgan fingerprint density at radius 2 is 1.85 bits per heavy atom. The number of aryl methyl sites for hydroxylation is 1. The van der Waals surface area contributed by atoms with E-state index in [1.165, 1.54) is 11.1 Å². The lowest BCUT2D eigenvalue weighted by Gasteiger charge is -2.19. The van der Waals surface area contributed by atoms with E-state index in [2.05, 4.69) is 39.8 Å². The number of hydrogen-bond donors (Lipinski definition) is 0. The Hall–Kier alpha value is -0.250. The second-order valence-electron chi connectivity index (χ2n) is 4.31.